The van der Waals surface area contributed by atoms with Crippen molar-refractivity contribution < 1.29 is 13.2 Å². The summed E-state index contributed by atoms with van der Waals surface area (Å²) in [6.45, 7) is 0. The van der Waals surface area contributed by atoms with Crippen LogP contribution in [0.5, 0.6) is 0 Å². The smallest absolute Gasteiger partial charge is 0.293 e. The van der Waals surface area contributed by atoms with Crippen LogP contribution in [0, 0.1) is 10.7 Å². The van der Waals surface area contributed by atoms with Gasteiger partial charge in [-0.05, 0) is 12.1 Å². The Bertz CT molecular complexity index is 863. The van der Waals surface area contributed by atoms with E-state index >= 15 is 0 Å². The molecule has 2 aromatic heterocycles. The molecule has 22 heavy (non-hydrogen) atoms. The predicted molar refractivity (Wildman–Crippen MR) is 77.1 cm³/mol. The van der Waals surface area contributed by atoms with E-state index in [9.17, 15) is 13.2 Å². The minimum atomic E-state index is -4.50. The maximum Gasteiger partial charge on any atom is 0.419 e. The van der Waals surface area contributed by atoms with Crippen LogP contribution in [0.25, 0.3) is 16.9 Å². The summed E-state index contributed by atoms with van der Waals surface area (Å²) >= 11 is 0.791. The number of thiocyanates is 1. The Morgan fingerprint density at radius 1 is 1.09 bits per heavy atom. The Morgan fingerprint density at radius 2 is 1.82 bits per heavy atom. The van der Waals surface area contributed by atoms with E-state index in [1.807, 2.05) is 5.40 Å². The van der Waals surface area contributed by atoms with E-state index in [1.165, 1.54) is 16.7 Å². The third-order valence-corrected chi connectivity index (χ3v) is 3.78. The second kappa shape index (κ2) is 5.39. The van der Waals surface area contributed by atoms with Gasteiger partial charge in [-0.15, -0.1) is 0 Å². The molecule has 0 bridgehead atoms. The highest BCUT2D eigenvalue weighted by Gasteiger charge is 2.34. The van der Waals surface area contributed by atoms with Crippen molar-refractivity contribution in [3.63, 3.8) is 0 Å². The minimum Gasteiger partial charge on any atom is -0.293 e. The highest BCUT2D eigenvalue weighted by atomic mass is 32.2. The maximum atomic E-state index is 13.1. The zero-order valence-corrected chi connectivity index (χ0v) is 11.8. The van der Waals surface area contributed by atoms with Crippen molar-refractivity contribution in [2.24, 2.45) is 0 Å². The Labute approximate surface area is 128 Å². The highest BCUT2D eigenvalue weighted by Crippen LogP contribution is 2.37. The van der Waals surface area contributed by atoms with Gasteiger partial charge in [0.15, 0.2) is 5.65 Å². The van der Waals surface area contributed by atoms with E-state index in [4.69, 9.17) is 5.26 Å². The molecule has 1 aromatic carbocycles. The first kappa shape index (κ1) is 14.5. The summed E-state index contributed by atoms with van der Waals surface area (Å²) < 4.78 is 40.7. The summed E-state index contributed by atoms with van der Waals surface area (Å²) in [5, 5.41) is 11.2. The molecule has 0 amide bonds. The number of halogens is 3. The molecule has 0 fully saturated rings. The molecule has 2 heterocycles. The fourth-order valence-electron chi connectivity index (χ4n) is 2.19. The summed E-state index contributed by atoms with van der Waals surface area (Å²) in [5.74, 6) is 0. The number of benzene rings is 1. The Hall–Kier alpha value is -2.46. The minimum absolute atomic E-state index is 0.202. The topological polar surface area (TPSA) is 41.1 Å². The first-order chi connectivity index (χ1) is 10.5. The largest absolute Gasteiger partial charge is 0.419 e. The molecule has 0 saturated heterocycles. The summed E-state index contributed by atoms with van der Waals surface area (Å²) in [5.41, 5.74) is 0.00417. The molecule has 0 saturated carbocycles. The molecule has 0 spiro atoms. The average molecular weight is 319 g/mol. The highest BCUT2D eigenvalue weighted by molar-refractivity contribution is 8.03. The van der Waals surface area contributed by atoms with Gasteiger partial charge in [0.25, 0.3) is 0 Å². The average Bonchev–Trinajstić information content (AvgIpc) is 2.86. The lowest BCUT2D eigenvalue weighted by atomic mass is 10.2. The van der Waals surface area contributed by atoms with Crippen LogP contribution in [0.3, 0.4) is 0 Å². The fourth-order valence-corrected chi connectivity index (χ4v) is 2.78. The van der Waals surface area contributed by atoms with Gasteiger partial charge in [0.1, 0.15) is 16.1 Å². The Kier molecular flexibility index (Phi) is 3.54. The number of nitrogens with zero attached hydrogens (tertiary/aromatic N) is 3. The molecule has 110 valence electrons. The third kappa shape index (κ3) is 2.42. The summed E-state index contributed by atoms with van der Waals surface area (Å²) in [7, 11) is 0. The van der Waals surface area contributed by atoms with Gasteiger partial charge >= 0.3 is 6.18 Å². The molecule has 0 radical (unpaired) electrons. The van der Waals surface area contributed by atoms with E-state index in [-0.39, 0.29) is 5.65 Å². The molecule has 0 aliphatic heterocycles. The fraction of sp³-hybridized carbons (Fsp3) is 0.0667. The molecule has 7 heteroatoms. The first-order valence-electron chi connectivity index (χ1n) is 6.22. The van der Waals surface area contributed by atoms with Crippen molar-refractivity contribution in [3.8, 4) is 16.7 Å². The molecule has 3 aromatic rings. The Morgan fingerprint density at radius 3 is 2.45 bits per heavy atom. The van der Waals surface area contributed by atoms with Gasteiger partial charge in [-0.25, -0.2) is 4.98 Å². The lowest BCUT2D eigenvalue weighted by molar-refractivity contribution is -0.136. The van der Waals surface area contributed by atoms with Crippen LogP contribution in [0.15, 0.2) is 53.7 Å². The zero-order chi connectivity index (χ0) is 15.7. The van der Waals surface area contributed by atoms with Crippen molar-refractivity contribution in [1.29, 1.82) is 5.26 Å². The van der Waals surface area contributed by atoms with Gasteiger partial charge in [-0.2, -0.15) is 18.4 Å². The van der Waals surface area contributed by atoms with E-state index < -0.39 is 11.7 Å². The quantitative estimate of drug-likeness (QED) is 0.512. The molecule has 0 unspecified atom stereocenters. The lowest BCUT2D eigenvalue weighted by Crippen LogP contribution is -2.07. The van der Waals surface area contributed by atoms with Gasteiger partial charge in [-0.1, -0.05) is 30.3 Å². The summed E-state index contributed by atoms with van der Waals surface area (Å²) in [6.07, 6.45) is -3.03. The lowest BCUT2D eigenvalue weighted by Gasteiger charge is -2.07. The number of aromatic nitrogens is 2. The van der Waals surface area contributed by atoms with Gasteiger partial charge in [0.05, 0.1) is 5.56 Å². The van der Waals surface area contributed by atoms with E-state index in [0.29, 0.717) is 16.3 Å². The first-order valence-corrected chi connectivity index (χ1v) is 7.03. The van der Waals surface area contributed by atoms with Crippen molar-refractivity contribution >= 4 is 17.4 Å². The molecule has 0 aliphatic carbocycles. The van der Waals surface area contributed by atoms with E-state index in [0.717, 1.165) is 17.8 Å². The summed E-state index contributed by atoms with van der Waals surface area (Å²) in [6, 6.07) is 11.1. The molecular weight excluding hydrogens is 311 g/mol. The SMILES string of the molecule is N#CSc1c(-c2ccccc2)nc2c(C(F)(F)F)cccn12. The number of alkyl halides is 3. The van der Waals surface area contributed by atoms with Crippen molar-refractivity contribution in [2.45, 2.75) is 11.2 Å². The van der Waals surface area contributed by atoms with Crippen molar-refractivity contribution in [3.05, 3.63) is 54.2 Å². The van der Waals surface area contributed by atoms with Gasteiger partial charge in [0.2, 0.25) is 0 Å². The van der Waals surface area contributed by atoms with Crippen LogP contribution >= 0.6 is 11.8 Å². The molecule has 0 N–H and O–H groups in total. The van der Waals surface area contributed by atoms with Crippen LogP contribution in [0.2, 0.25) is 0 Å². The second-order valence-corrected chi connectivity index (χ2v) is 5.21. The van der Waals surface area contributed by atoms with Gasteiger partial charge in [0, 0.05) is 23.5 Å². The molecule has 3 nitrogen and oxygen atoms in total. The van der Waals surface area contributed by atoms with Crippen LogP contribution in [0.1, 0.15) is 5.56 Å². The molecule has 3 rings (SSSR count). The summed E-state index contributed by atoms with van der Waals surface area (Å²) in [4.78, 5) is 4.14. The number of nitriles is 1. The van der Waals surface area contributed by atoms with Crippen LogP contribution in [0.4, 0.5) is 13.2 Å². The van der Waals surface area contributed by atoms with Crippen molar-refractivity contribution in [2.75, 3.05) is 0 Å². The normalized spacial score (nSPS) is 11.5. The van der Waals surface area contributed by atoms with Crippen LogP contribution in [-0.2, 0) is 6.18 Å². The number of imidazole rings is 1. The standard InChI is InChI=1S/C15H8F3N3S/c16-15(17,18)11-7-4-8-21-13(11)20-12(14(21)22-9-19)10-5-2-1-3-6-10/h1-8H. The van der Waals surface area contributed by atoms with Crippen LogP contribution < -0.4 is 0 Å². The predicted octanol–water partition coefficient (Wildman–Crippen LogP) is 4.59. The van der Waals surface area contributed by atoms with Gasteiger partial charge < -0.3 is 0 Å². The number of hydrogen-bond donors (Lipinski definition) is 0. The van der Waals surface area contributed by atoms with E-state index in [1.54, 1.807) is 30.3 Å². The second-order valence-electron chi connectivity index (χ2n) is 4.44. The number of pyridine rings is 1. The molecule has 0 atom stereocenters. The molecular formula is C15H8F3N3S. The van der Waals surface area contributed by atoms with Crippen LogP contribution in [-0.4, -0.2) is 9.38 Å². The number of fused-ring (bicyclic) bond motifs is 1. The number of thioether (sulfide) groups is 1. The Balaban J connectivity index is 2.34. The van der Waals surface area contributed by atoms with E-state index in [2.05, 4.69) is 4.98 Å². The number of rotatable bonds is 2. The molecule has 0 aliphatic rings. The monoisotopic (exact) mass is 319 g/mol. The number of hydrogen-bond acceptors (Lipinski definition) is 3. The third-order valence-electron chi connectivity index (χ3n) is 3.10. The maximum absolute atomic E-state index is 13.1. The van der Waals surface area contributed by atoms with Gasteiger partial charge in [-0.3, -0.25) is 4.40 Å². The van der Waals surface area contributed by atoms with Crippen molar-refractivity contribution in [1.82, 2.24) is 9.38 Å². The zero-order valence-electron chi connectivity index (χ0n) is 11.0.